The number of hydrogen-bond acceptors (Lipinski definition) is 6. The lowest BCUT2D eigenvalue weighted by Crippen LogP contribution is -2.34. The number of fused-ring (bicyclic) bond motifs is 1. The van der Waals surface area contributed by atoms with Gasteiger partial charge in [0, 0.05) is 41.5 Å². The third kappa shape index (κ3) is 3.89. The minimum atomic E-state index is 0.211. The van der Waals surface area contributed by atoms with Crippen LogP contribution in [0.25, 0.3) is 22.5 Å². The summed E-state index contributed by atoms with van der Waals surface area (Å²) in [6.07, 6.45) is 7.33. The molecule has 2 aliphatic rings. The second-order valence-corrected chi connectivity index (χ2v) is 8.39. The van der Waals surface area contributed by atoms with Gasteiger partial charge in [-0.3, -0.25) is 4.98 Å². The largest absolute Gasteiger partial charge is 0.460 e. The summed E-state index contributed by atoms with van der Waals surface area (Å²) < 4.78 is 6.53. The number of aromatic nitrogens is 1. The average molecular weight is 418 g/mol. The van der Waals surface area contributed by atoms with E-state index in [1.54, 1.807) is 0 Å². The number of aliphatic hydroxyl groups excluding tert-OH is 1. The lowest BCUT2D eigenvalue weighted by atomic mass is 9.93. The standard InChI is InChI=1S/C25H27N3O3/c29-14-13-28-11-7-18(8-12-28)24-16-22(17-5-9-26-10-6-17)25(31-24)20-1-3-21-19(15-20)2-4-23(21)27-30/h1,3,5-6,9-10,15-16,18,29-30H,2,4,7-8,11-14H2/b27-23-. The first-order valence-electron chi connectivity index (χ1n) is 11.0. The first-order chi connectivity index (χ1) is 15.3. The van der Waals surface area contributed by atoms with Crippen LogP contribution in [0.1, 0.15) is 42.1 Å². The van der Waals surface area contributed by atoms with E-state index in [9.17, 15) is 10.3 Å². The van der Waals surface area contributed by atoms with Crippen LogP contribution in [0, 0.1) is 0 Å². The molecule has 0 spiro atoms. The van der Waals surface area contributed by atoms with Gasteiger partial charge in [0.1, 0.15) is 11.5 Å². The molecular weight excluding hydrogens is 390 g/mol. The van der Waals surface area contributed by atoms with Crippen LogP contribution < -0.4 is 0 Å². The van der Waals surface area contributed by atoms with Gasteiger partial charge in [-0.15, -0.1) is 0 Å². The number of nitrogens with zero attached hydrogens (tertiary/aromatic N) is 3. The van der Waals surface area contributed by atoms with Gasteiger partial charge in [-0.05, 0) is 74.2 Å². The van der Waals surface area contributed by atoms with Gasteiger partial charge in [0.05, 0.1) is 12.3 Å². The lowest BCUT2D eigenvalue weighted by molar-refractivity contribution is 0.159. The summed E-state index contributed by atoms with van der Waals surface area (Å²) in [5.41, 5.74) is 6.21. The second kappa shape index (κ2) is 8.65. The average Bonchev–Trinajstić information content (AvgIpc) is 3.44. The van der Waals surface area contributed by atoms with E-state index in [2.05, 4.69) is 33.2 Å². The predicted molar refractivity (Wildman–Crippen MR) is 120 cm³/mol. The maximum Gasteiger partial charge on any atom is 0.142 e. The van der Waals surface area contributed by atoms with Gasteiger partial charge in [-0.1, -0.05) is 17.3 Å². The van der Waals surface area contributed by atoms with Crippen molar-refractivity contribution in [3.8, 4) is 22.5 Å². The quantitative estimate of drug-likeness (QED) is 0.478. The number of aliphatic hydroxyl groups is 1. The zero-order valence-electron chi connectivity index (χ0n) is 17.5. The molecule has 6 heteroatoms. The van der Waals surface area contributed by atoms with E-state index in [1.165, 1.54) is 5.56 Å². The number of piperidine rings is 1. The maximum atomic E-state index is 9.24. The number of β-amino-alcohol motifs (C(OH)–C–C–N with tert-alkyl or cyclic N) is 1. The Balaban J connectivity index is 1.51. The van der Waals surface area contributed by atoms with Crippen LogP contribution in [-0.2, 0) is 6.42 Å². The van der Waals surface area contributed by atoms with Gasteiger partial charge in [0.2, 0.25) is 0 Å². The van der Waals surface area contributed by atoms with E-state index in [1.807, 2.05) is 30.6 Å². The molecule has 2 N–H and O–H groups in total. The molecule has 2 aromatic heterocycles. The molecule has 0 unspecified atom stereocenters. The molecule has 0 amide bonds. The van der Waals surface area contributed by atoms with Crippen molar-refractivity contribution < 1.29 is 14.7 Å². The maximum absolute atomic E-state index is 9.24. The van der Waals surface area contributed by atoms with Crippen molar-refractivity contribution in [1.29, 1.82) is 0 Å². The van der Waals surface area contributed by atoms with Crippen molar-refractivity contribution in [3.05, 3.63) is 65.7 Å². The van der Waals surface area contributed by atoms with Crippen molar-refractivity contribution in [2.45, 2.75) is 31.6 Å². The summed E-state index contributed by atoms with van der Waals surface area (Å²) in [6, 6.07) is 12.5. The molecule has 5 rings (SSSR count). The van der Waals surface area contributed by atoms with E-state index < -0.39 is 0 Å². The highest BCUT2D eigenvalue weighted by Gasteiger charge is 2.26. The summed E-state index contributed by atoms with van der Waals surface area (Å²) in [6.45, 7) is 2.91. The van der Waals surface area contributed by atoms with Gasteiger partial charge in [0.25, 0.3) is 0 Å². The number of benzene rings is 1. The van der Waals surface area contributed by atoms with E-state index >= 15 is 0 Å². The highest BCUT2D eigenvalue weighted by molar-refractivity contribution is 6.04. The summed E-state index contributed by atoms with van der Waals surface area (Å²) in [5.74, 6) is 2.30. The third-order valence-corrected chi connectivity index (χ3v) is 6.58. The van der Waals surface area contributed by atoms with Crippen LogP contribution in [0.3, 0.4) is 0 Å². The Morgan fingerprint density at radius 2 is 1.81 bits per heavy atom. The molecule has 1 saturated heterocycles. The molecule has 31 heavy (non-hydrogen) atoms. The molecule has 0 saturated carbocycles. The van der Waals surface area contributed by atoms with E-state index in [0.29, 0.717) is 5.92 Å². The summed E-state index contributed by atoms with van der Waals surface area (Å²) in [4.78, 5) is 6.48. The van der Waals surface area contributed by atoms with Crippen molar-refractivity contribution in [2.75, 3.05) is 26.2 Å². The summed E-state index contributed by atoms with van der Waals surface area (Å²) in [5, 5.41) is 21.9. The SMILES string of the molecule is OCCN1CCC(c2cc(-c3ccncc3)c(-c3ccc4c(c3)CC/C4=N/O)o2)CC1. The normalized spacial score (nSPS) is 18.5. The van der Waals surface area contributed by atoms with Gasteiger partial charge in [-0.2, -0.15) is 0 Å². The van der Waals surface area contributed by atoms with Gasteiger partial charge < -0.3 is 19.6 Å². The second-order valence-electron chi connectivity index (χ2n) is 8.39. The van der Waals surface area contributed by atoms with Crippen molar-refractivity contribution in [1.82, 2.24) is 9.88 Å². The molecule has 160 valence electrons. The molecule has 0 atom stereocenters. The monoisotopic (exact) mass is 417 g/mol. The van der Waals surface area contributed by atoms with E-state index in [0.717, 1.165) is 84.8 Å². The highest BCUT2D eigenvalue weighted by atomic mass is 16.4. The molecule has 3 heterocycles. The molecule has 1 aliphatic carbocycles. The predicted octanol–water partition coefficient (Wildman–Crippen LogP) is 4.30. The van der Waals surface area contributed by atoms with E-state index in [-0.39, 0.29) is 6.61 Å². The van der Waals surface area contributed by atoms with Crippen LogP contribution in [0.2, 0.25) is 0 Å². The number of furan rings is 1. The molecule has 3 aromatic rings. The van der Waals surface area contributed by atoms with Gasteiger partial charge >= 0.3 is 0 Å². The van der Waals surface area contributed by atoms with Crippen molar-refractivity contribution in [3.63, 3.8) is 0 Å². The van der Waals surface area contributed by atoms with E-state index in [4.69, 9.17) is 4.42 Å². The van der Waals surface area contributed by atoms with Gasteiger partial charge in [-0.25, -0.2) is 0 Å². The molecule has 6 nitrogen and oxygen atoms in total. The topological polar surface area (TPSA) is 82.1 Å². The Hall–Kier alpha value is -2.96. The minimum absolute atomic E-state index is 0.211. The first kappa shape index (κ1) is 20.0. The molecule has 0 bridgehead atoms. The Kier molecular flexibility index (Phi) is 5.57. The van der Waals surface area contributed by atoms with Crippen LogP contribution in [0.15, 0.2) is 58.4 Å². The smallest absolute Gasteiger partial charge is 0.142 e. The number of rotatable bonds is 5. The Labute approximate surface area is 181 Å². The summed E-state index contributed by atoms with van der Waals surface area (Å²) in [7, 11) is 0. The zero-order valence-corrected chi connectivity index (χ0v) is 17.5. The lowest BCUT2D eigenvalue weighted by Gasteiger charge is -2.30. The zero-order chi connectivity index (χ0) is 21.2. The number of hydrogen-bond donors (Lipinski definition) is 2. The molecule has 1 fully saturated rings. The highest BCUT2D eigenvalue weighted by Crippen LogP contribution is 2.41. The fourth-order valence-electron chi connectivity index (χ4n) is 4.87. The Bertz CT molecular complexity index is 1080. The number of pyridine rings is 1. The van der Waals surface area contributed by atoms with Crippen molar-refractivity contribution in [2.24, 2.45) is 5.16 Å². The number of oxime groups is 1. The fraction of sp³-hybridized carbons (Fsp3) is 0.360. The van der Waals surface area contributed by atoms with Crippen LogP contribution >= 0.6 is 0 Å². The van der Waals surface area contributed by atoms with Gasteiger partial charge in [0.15, 0.2) is 0 Å². The minimum Gasteiger partial charge on any atom is -0.460 e. The van der Waals surface area contributed by atoms with Crippen LogP contribution in [0.4, 0.5) is 0 Å². The molecule has 1 aliphatic heterocycles. The Morgan fingerprint density at radius 3 is 2.55 bits per heavy atom. The first-order valence-corrected chi connectivity index (χ1v) is 11.0. The summed E-state index contributed by atoms with van der Waals surface area (Å²) >= 11 is 0. The Morgan fingerprint density at radius 1 is 1.00 bits per heavy atom. The van der Waals surface area contributed by atoms with Crippen molar-refractivity contribution >= 4 is 5.71 Å². The third-order valence-electron chi connectivity index (χ3n) is 6.58. The van der Waals surface area contributed by atoms with Crippen LogP contribution in [-0.4, -0.2) is 52.2 Å². The fourth-order valence-corrected chi connectivity index (χ4v) is 4.87. The number of likely N-dealkylation sites (tertiary alicyclic amines) is 1. The van der Waals surface area contributed by atoms with Crippen LogP contribution in [0.5, 0.6) is 0 Å². The molecule has 0 radical (unpaired) electrons. The number of aryl methyl sites for hydroxylation is 1. The molecular formula is C25H27N3O3. The molecule has 1 aromatic carbocycles.